The highest BCUT2D eigenvalue weighted by atomic mass is 19.3. The summed E-state index contributed by atoms with van der Waals surface area (Å²) in [6.45, 7) is -0.711. The number of amidine groups is 1. The van der Waals surface area contributed by atoms with Crippen LogP contribution in [0.25, 0.3) is 11.3 Å². The third-order valence-corrected chi connectivity index (χ3v) is 6.40. The van der Waals surface area contributed by atoms with Crippen LogP contribution in [0.3, 0.4) is 0 Å². The number of hydrogen-bond acceptors (Lipinski definition) is 7. The molecule has 1 aliphatic heterocycles. The number of piperidine rings is 1. The van der Waals surface area contributed by atoms with E-state index >= 15 is 8.78 Å². The first-order valence-electron chi connectivity index (χ1n) is 11.4. The predicted octanol–water partition coefficient (Wildman–Crippen LogP) is 4.42. The molecule has 12 heteroatoms. The van der Waals surface area contributed by atoms with Gasteiger partial charge in [0.05, 0.1) is 18.7 Å². The molecule has 5 rings (SSSR count). The van der Waals surface area contributed by atoms with Gasteiger partial charge in [0.1, 0.15) is 35.0 Å². The molecule has 3 N–H and O–H groups in total. The van der Waals surface area contributed by atoms with Crippen LogP contribution in [0.5, 0.6) is 0 Å². The number of nitrogens with two attached hydrogens (primary N) is 1. The van der Waals surface area contributed by atoms with Gasteiger partial charge in [0.25, 0.3) is 5.92 Å². The van der Waals surface area contributed by atoms with Crippen LogP contribution in [0.15, 0.2) is 46.2 Å². The predicted molar refractivity (Wildman–Crippen MR) is 121 cm³/mol. The number of hydrogen-bond donors (Lipinski definition) is 2. The maximum absolute atomic E-state index is 15.1. The van der Waals surface area contributed by atoms with E-state index in [0.717, 1.165) is 25.0 Å². The molecule has 1 aromatic carbocycles. The van der Waals surface area contributed by atoms with Crippen LogP contribution >= 0.6 is 0 Å². The lowest BCUT2D eigenvalue weighted by molar-refractivity contribution is -0.148. The minimum Gasteiger partial charge on any atom is -0.409 e. The number of nitrogens with zero attached hydrogens (tertiary/aromatic N) is 4. The van der Waals surface area contributed by atoms with Gasteiger partial charge in [-0.2, -0.15) is 0 Å². The summed E-state index contributed by atoms with van der Waals surface area (Å²) in [5, 5.41) is 15.5. The lowest BCUT2D eigenvalue weighted by Crippen LogP contribution is -2.52. The monoisotopic (exact) mass is 505 g/mol. The van der Waals surface area contributed by atoms with Crippen LogP contribution in [-0.2, 0) is 11.3 Å². The van der Waals surface area contributed by atoms with Crippen molar-refractivity contribution in [1.29, 1.82) is 0 Å². The first-order valence-corrected chi connectivity index (χ1v) is 11.4. The molecule has 3 heterocycles. The number of benzene rings is 1. The van der Waals surface area contributed by atoms with Crippen molar-refractivity contribution in [3.63, 3.8) is 0 Å². The van der Waals surface area contributed by atoms with Crippen molar-refractivity contribution in [3.05, 3.63) is 65.1 Å². The van der Waals surface area contributed by atoms with Gasteiger partial charge in [-0.05, 0) is 43.5 Å². The number of halogens is 4. The Morgan fingerprint density at radius 2 is 1.94 bits per heavy atom. The van der Waals surface area contributed by atoms with E-state index in [1.807, 2.05) is 0 Å². The third-order valence-electron chi connectivity index (χ3n) is 6.40. The summed E-state index contributed by atoms with van der Waals surface area (Å²) < 4.78 is 70.1. The molecule has 1 atom stereocenters. The van der Waals surface area contributed by atoms with Gasteiger partial charge < -0.3 is 25.1 Å². The molecule has 3 aromatic rings. The van der Waals surface area contributed by atoms with Gasteiger partial charge in [-0.15, -0.1) is 0 Å². The molecule has 0 radical (unpaired) electrons. The van der Waals surface area contributed by atoms with Gasteiger partial charge in [0.2, 0.25) is 0 Å². The molecule has 0 spiro atoms. The number of pyridine rings is 1. The van der Waals surface area contributed by atoms with Crippen LogP contribution < -0.4 is 10.6 Å². The normalized spacial score (nSPS) is 20.1. The summed E-state index contributed by atoms with van der Waals surface area (Å²) in [7, 11) is 0. The number of rotatable bonds is 7. The van der Waals surface area contributed by atoms with Gasteiger partial charge in [-0.25, -0.2) is 22.5 Å². The quantitative estimate of drug-likeness (QED) is 0.161. The molecule has 2 fully saturated rings. The van der Waals surface area contributed by atoms with E-state index in [-0.39, 0.29) is 42.6 Å². The van der Waals surface area contributed by atoms with Gasteiger partial charge >= 0.3 is 0 Å². The molecule has 1 aliphatic carbocycles. The number of ether oxygens (including phenoxy) is 1. The standard InChI is InChI=1S/C24H23F4N5O3/c25-16-2-1-3-17(26)20(16)21-15(22(36-32-21)13-4-5-13)11-35-18-8-9-33(12-24(18,27)28)19-7-6-14(10-30-19)23(29)31-34/h1-3,6-7,10,13,18,34H,4-5,8-9,11-12H2,(H2,29,31). The summed E-state index contributed by atoms with van der Waals surface area (Å²) in [6.07, 6.45) is 1.53. The SMILES string of the molecule is N/C(=N\O)c1ccc(N2CCC(OCc3c(-c4c(F)cccc4F)noc3C3CC3)C(F)(F)C2)nc1. The van der Waals surface area contributed by atoms with Crippen LogP contribution in [0.1, 0.15) is 42.1 Å². The Kier molecular flexibility index (Phi) is 6.29. The second-order valence-corrected chi connectivity index (χ2v) is 8.91. The highest BCUT2D eigenvalue weighted by molar-refractivity contribution is 5.96. The molecular formula is C24H23F4N5O3. The molecule has 0 bridgehead atoms. The van der Waals surface area contributed by atoms with Crippen molar-refractivity contribution in [3.8, 4) is 11.3 Å². The molecule has 1 unspecified atom stereocenters. The highest BCUT2D eigenvalue weighted by Crippen LogP contribution is 2.45. The molecule has 1 saturated heterocycles. The van der Waals surface area contributed by atoms with E-state index in [1.54, 1.807) is 0 Å². The van der Waals surface area contributed by atoms with Crippen molar-refractivity contribution in [2.24, 2.45) is 10.9 Å². The maximum Gasteiger partial charge on any atom is 0.290 e. The Morgan fingerprint density at radius 3 is 2.56 bits per heavy atom. The van der Waals surface area contributed by atoms with E-state index in [9.17, 15) is 8.78 Å². The Hall–Kier alpha value is -3.67. The average Bonchev–Trinajstić information content (AvgIpc) is 3.63. The highest BCUT2D eigenvalue weighted by Gasteiger charge is 2.46. The fraction of sp³-hybridized carbons (Fsp3) is 0.375. The van der Waals surface area contributed by atoms with E-state index in [1.165, 1.54) is 29.3 Å². The van der Waals surface area contributed by atoms with Crippen LogP contribution in [0.2, 0.25) is 0 Å². The van der Waals surface area contributed by atoms with Crippen LogP contribution in [-0.4, -0.2) is 46.3 Å². The summed E-state index contributed by atoms with van der Waals surface area (Å²) in [5.41, 5.74) is 5.73. The van der Waals surface area contributed by atoms with Crippen LogP contribution in [0.4, 0.5) is 23.4 Å². The van der Waals surface area contributed by atoms with Gasteiger partial charge in [-0.1, -0.05) is 16.4 Å². The topological polar surface area (TPSA) is 110 Å². The second kappa shape index (κ2) is 9.41. The van der Waals surface area contributed by atoms with Crippen molar-refractivity contribution in [2.75, 3.05) is 18.0 Å². The molecule has 1 saturated carbocycles. The summed E-state index contributed by atoms with van der Waals surface area (Å²) in [6, 6.07) is 6.47. The summed E-state index contributed by atoms with van der Waals surface area (Å²) in [5.74, 6) is -4.25. The van der Waals surface area contributed by atoms with E-state index in [0.29, 0.717) is 22.7 Å². The minimum atomic E-state index is -3.23. The second-order valence-electron chi connectivity index (χ2n) is 8.91. The van der Waals surface area contributed by atoms with Gasteiger partial charge in [0.15, 0.2) is 5.84 Å². The summed E-state index contributed by atoms with van der Waals surface area (Å²) in [4.78, 5) is 5.56. The number of anilines is 1. The van der Waals surface area contributed by atoms with Crippen molar-refractivity contribution >= 4 is 11.7 Å². The minimum absolute atomic E-state index is 0.00982. The van der Waals surface area contributed by atoms with Crippen molar-refractivity contribution in [1.82, 2.24) is 10.1 Å². The Bertz CT molecular complexity index is 1260. The zero-order chi connectivity index (χ0) is 25.4. The fourth-order valence-electron chi connectivity index (χ4n) is 4.33. The Balaban J connectivity index is 1.32. The van der Waals surface area contributed by atoms with Gasteiger partial charge in [0, 0.05) is 29.8 Å². The van der Waals surface area contributed by atoms with Crippen LogP contribution in [0, 0.1) is 11.6 Å². The first kappa shape index (κ1) is 24.0. The zero-order valence-corrected chi connectivity index (χ0v) is 19.0. The molecular weight excluding hydrogens is 482 g/mol. The maximum atomic E-state index is 15.1. The van der Waals surface area contributed by atoms with Gasteiger partial charge in [-0.3, -0.25) is 0 Å². The van der Waals surface area contributed by atoms with E-state index in [4.69, 9.17) is 20.2 Å². The molecule has 0 amide bonds. The molecule has 8 nitrogen and oxygen atoms in total. The number of aromatic nitrogens is 2. The third kappa shape index (κ3) is 4.60. The smallest absolute Gasteiger partial charge is 0.290 e. The molecule has 2 aromatic heterocycles. The number of oxime groups is 1. The van der Waals surface area contributed by atoms with Crippen molar-refractivity contribution < 1.29 is 32.0 Å². The fourth-order valence-corrected chi connectivity index (χ4v) is 4.33. The first-order chi connectivity index (χ1) is 17.3. The summed E-state index contributed by atoms with van der Waals surface area (Å²) >= 11 is 0. The Labute approximate surface area is 203 Å². The molecule has 190 valence electrons. The average molecular weight is 505 g/mol. The number of alkyl halides is 2. The lowest BCUT2D eigenvalue weighted by Gasteiger charge is -2.38. The van der Waals surface area contributed by atoms with Crippen molar-refractivity contribution in [2.45, 2.75) is 43.8 Å². The zero-order valence-electron chi connectivity index (χ0n) is 19.0. The molecule has 36 heavy (non-hydrogen) atoms. The largest absolute Gasteiger partial charge is 0.409 e. The van der Waals surface area contributed by atoms with E-state index < -0.39 is 30.2 Å². The Morgan fingerprint density at radius 1 is 1.19 bits per heavy atom. The van der Waals surface area contributed by atoms with E-state index in [2.05, 4.69) is 15.3 Å². The molecule has 2 aliphatic rings. The lowest BCUT2D eigenvalue weighted by atomic mass is 10.0.